The second-order valence-electron chi connectivity index (χ2n) is 4.51. The van der Waals surface area contributed by atoms with Gasteiger partial charge in [0.25, 0.3) is 0 Å². The smallest absolute Gasteiger partial charge is 0.248 e. The first kappa shape index (κ1) is 12.5. The molecule has 0 radical (unpaired) electrons. The van der Waals surface area contributed by atoms with Crippen molar-refractivity contribution in [2.45, 2.75) is 26.3 Å². The van der Waals surface area contributed by atoms with Gasteiger partial charge in [0.1, 0.15) is 6.61 Å². The Kier molecular flexibility index (Phi) is 5.05. The van der Waals surface area contributed by atoms with Gasteiger partial charge in [-0.15, -0.1) is 0 Å². The molecule has 1 fully saturated rings. The topological polar surface area (TPSA) is 41.6 Å². The maximum Gasteiger partial charge on any atom is 0.248 e. The molecule has 1 amide bonds. The molecular formula is C11H22N2O2. The number of methoxy groups -OCH3 is 1. The summed E-state index contributed by atoms with van der Waals surface area (Å²) in [5.74, 6) is 0.734. The highest BCUT2D eigenvalue weighted by molar-refractivity contribution is 5.77. The summed E-state index contributed by atoms with van der Waals surface area (Å²) in [5.41, 5.74) is 0. The number of nitrogens with zero attached hydrogens (tertiary/aromatic N) is 1. The van der Waals surface area contributed by atoms with Crippen molar-refractivity contribution in [1.29, 1.82) is 0 Å². The summed E-state index contributed by atoms with van der Waals surface area (Å²) in [6.45, 7) is 7.19. The van der Waals surface area contributed by atoms with Crippen molar-refractivity contribution in [3.63, 3.8) is 0 Å². The number of ether oxygens (including phenoxy) is 1. The van der Waals surface area contributed by atoms with Crippen molar-refractivity contribution in [2.75, 3.05) is 33.4 Å². The minimum Gasteiger partial charge on any atom is -0.375 e. The quantitative estimate of drug-likeness (QED) is 0.740. The molecule has 1 rings (SSSR count). The lowest BCUT2D eigenvalue weighted by atomic mass is 10.0. The van der Waals surface area contributed by atoms with Crippen molar-refractivity contribution in [2.24, 2.45) is 5.92 Å². The van der Waals surface area contributed by atoms with Gasteiger partial charge >= 0.3 is 0 Å². The molecule has 1 N–H and O–H groups in total. The lowest BCUT2D eigenvalue weighted by Crippen LogP contribution is -2.54. The normalized spacial score (nSPS) is 22.1. The van der Waals surface area contributed by atoms with E-state index in [2.05, 4.69) is 19.2 Å². The lowest BCUT2D eigenvalue weighted by molar-refractivity contribution is -0.138. The van der Waals surface area contributed by atoms with Crippen molar-refractivity contribution in [3.05, 3.63) is 0 Å². The van der Waals surface area contributed by atoms with Crippen LogP contribution in [0.3, 0.4) is 0 Å². The van der Waals surface area contributed by atoms with Crippen LogP contribution in [0.25, 0.3) is 0 Å². The van der Waals surface area contributed by atoms with Gasteiger partial charge in [0.05, 0.1) is 0 Å². The van der Waals surface area contributed by atoms with Crippen molar-refractivity contribution in [3.8, 4) is 0 Å². The van der Waals surface area contributed by atoms with E-state index < -0.39 is 0 Å². The Balaban J connectivity index is 2.52. The summed E-state index contributed by atoms with van der Waals surface area (Å²) in [6.07, 6.45) is 1.06. The van der Waals surface area contributed by atoms with Crippen molar-refractivity contribution < 1.29 is 9.53 Å². The lowest BCUT2D eigenvalue weighted by Gasteiger charge is -2.37. The summed E-state index contributed by atoms with van der Waals surface area (Å²) in [5, 5.41) is 3.33. The Labute approximate surface area is 92.0 Å². The van der Waals surface area contributed by atoms with Crippen molar-refractivity contribution >= 4 is 5.91 Å². The molecule has 15 heavy (non-hydrogen) atoms. The predicted molar refractivity (Wildman–Crippen MR) is 59.7 cm³/mol. The zero-order valence-corrected chi connectivity index (χ0v) is 9.95. The molecule has 0 aliphatic carbocycles. The van der Waals surface area contributed by atoms with E-state index in [1.165, 1.54) is 0 Å². The van der Waals surface area contributed by atoms with E-state index in [0.717, 1.165) is 26.1 Å². The largest absolute Gasteiger partial charge is 0.375 e. The van der Waals surface area contributed by atoms with E-state index in [-0.39, 0.29) is 12.5 Å². The van der Waals surface area contributed by atoms with E-state index in [1.54, 1.807) is 7.11 Å². The molecule has 0 aromatic heterocycles. The molecule has 4 nitrogen and oxygen atoms in total. The van der Waals surface area contributed by atoms with Crippen LogP contribution in [0.4, 0.5) is 0 Å². The van der Waals surface area contributed by atoms with Crippen LogP contribution in [-0.4, -0.2) is 50.2 Å². The average molecular weight is 214 g/mol. The second-order valence-corrected chi connectivity index (χ2v) is 4.51. The highest BCUT2D eigenvalue weighted by Crippen LogP contribution is 2.13. The van der Waals surface area contributed by atoms with Crippen LogP contribution in [0.2, 0.25) is 0 Å². The third-order valence-corrected chi connectivity index (χ3v) is 2.68. The molecule has 1 saturated heterocycles. The minimum atomic E-state index is 0.115. The molecule has 1 aliphatic rings. The molecule has 4 heteroatoms. The Bertz CT molecular complexity index is 207. The number of nitrogens with one attached hydrogen (secondary N) is 1. The fourth-order valence-corrected chi connectivity index (χ4v) is 2.05. The first-order valence-corrected chi connectivity index (χ1v) is 5.64. The Morgan fingerprint density at radius 1 is 1.60 bits per heavy atom. The molecule has 1 heterocycles. The SMILES string of the molecule is COCC(=O)N1CCNCC1CC(C)C. The molecule has 0 aromatic carbocycles. The molecule has 0 saturated carbocycles. The predicted octanol–water partition coefficient (Wildman–Crippen LogP) is 0.479. The van der Waals surface area contributed by atoms with Gasteiger partial charge in [0.2, 0.25) is 5.91 Å². The first-order chi connectivity index (χ1) is 7.15. The Hall–Kier alpha value is -0.610. The first-order valence-electron chi connectivity index (χ1n) is 5.64. The van der Waals surface area contributed by atoms with Gasteiger partial charge in [-0.2, -0.15) is 0 Å². The van der Waals surface area contributed by atoms with Crippen molar-refractivity contribution in [1.82, 2.24) is 10.2 Å². The average Bonchev–Trinajstić information content (AvgIpc) is 2.18. The number of amides is 1. The van der Waals surface area contributed by atoms with Gasteiger partial charge in [-0.05, 0) is 12.3 Å². The number of hydrogen-bond donors (Lipinski definition) is 1. The van der Waals surface area contributed by atoms with E-state index in [9.17, 15) is 4.79 Å². The molecule has 1 aliphatic heterocycles. The molecule has 1 atom stereocenters. The molecule has 0 aromatic rings. The number of hydrogen-bond acceptors (Lipinski definition) is 3. The zero-order chi connectivity index (χ0) is 11.3. The summed E-state index contributed by atoms with van der Waals surface area (Å²) in [6, 6.07) is 0.335. The molecule has 88 valence electrons. The second kappa shape index (κ2) is 6.08. The van der Waals surface area contributed by atoms with Crippen LogP contribution >= 0.6 is 0 Å². The third-order valence-electron chi connectivity index (χ3n) is 2.68. The monoisotopic (exact) mass is 214 g/mol. The number of rotatable bonds is 4. The van der Waals surface area contributed by atoms with E-state index in [4.69, 9.17) is 4.74 Å². The van der Waals surface area contributed by atoms with Gasteiger partial charge in [-0.3, -0.25) is 4.79 Å². The third kappa shape index (κ3) is 3.80. The molecular weight excluding hydrogens is 192 g/mol. The van der Waals surface area contributed by atoms with Gasteiger partial charge < -0.3 is 15.0 Å². The molecule has 1 unspecified atom stereocenters. The fraction of sp³-hybridized carbons (Fsp3) is 0.909. The minimum absolute atomic E-state index is 0.115. The van der Waals surface area contributed by atoms with E-state index in [1.807, 2.05) is 4.90 Å². The number of piperazine rings is 1. The van der Waals surface area contributed by atoms with Crippen LogP contribution in [-0.2, 0) is 9.53 Å². The maximum absolute atomic E-state index is 11.8. The number of carbonyl (C=O) groups excluding carboxylic acids is 1. The van der Waals surface area contributed by atoms with Crippen LogP contribution < -0.4 is 5.32 Å². The van der Waals surface area contributed by atoms with E-state index in [0.29, 0.717) is 12.0 Å². The standard InChI is InChI=1S/C11H22N2O2/c1-9(2)6-10-7-12-4-5-13(10)11(14)8-15-3/h9-10,12H,4-8H2,1-3H3. The zero-order valence-electron chi connectivity index (χ0n) is 9.95. The summed E-state index contributed by atoms with van der Waals surface area (Å²) >= 11 is 0. The van der Waals surface area contributed by atoms with E-state index >= 15 is 0 Å². The van der Waals surface area contributed by atoms with Crippen LogP contribution in [0, 0.1) is 5.92 Å². The van der Waals surface area contributed by atoms with Gasteiger partial charge in [-0.1, -0.05) is 13.8 Å². The highest BCUT2D eigenvalue weighted by atomic mass is 16.5. The highest BCUT2D eigenvalue weighted by Gasteiger charge is 2.26. The molecule has 0 bridgehead atoms. The van der Waals surface area contributed by atoms with Crippen LogP contribution in [0.1, 0.15) is 20.3 Å². The Morgan fingerprint density at radius 3 is 2.93 bits per heavy atom. The van der Waals surface area contributed by atoms with Crippen LogP contribution in [0.15, 0.2) is 0 Å². The van der Waals surface area contributed by atoms with Gasteiger partial charge in [-0.25, -0.2) is 0 Å². The van der Waals surface area contributed by atoms with Gasteiger partial charge in [0, 0.05) is 32.8 Å². The van der Waals surface area contributed by atoms with Crippen LogP contribution in [0.5, 0.6) is 0 Å². The number of carbonyl (C=O) groups is 1. The van der Waals surface area contributed by atoms with Gasteiger partial charge in [0.15, 0.2) is 0 Å². The fourth-order valence-electron chi connectivity index (χ4n) is 2.05. The Morgan fingerprint density at radius 2 is 2.33 bits per heavy atom. The summed E-state index contributed by atoms with van der Waals surface area (Å²) in [7, 11) is 1.57. The molecule has 0 spiro atoms. The summed E-state index contributed by atoms with van der Waals surface area (Å²) in [4.78, 5) is 13.7. The summed E-state index contributed by atoms with van der Waals surface area (Å²) < 4.78 is 4.90. The maximum atomic E-state index is 11.8.